The Hall–Kier alpha value is -2.36. The molecule has 0 fully saturated rings. The molecule has 1 unspecified atom stereocenters. The lowest BCUT2D eigenvalue weighted by Gasteiger charge is -2.34. The van der Waals surface area contributed by atoms with Gasteiger partial charge >= 0.3 is 12.5 Å². The predicted molar refractivity (Wildman–Crippen MR) is 69.6 cm³/mol. The first-order chi connectivity index (χ1) is 11.1. The summed E-state index contributed by atoms with van der Waals surface area (Å²) in [6, 6.07) is 3.17. The van der Waals surface area contributed by atoms with Crippen molar-refractivity contribution in [2.75, 3.05) is 6.67 Å². The Labute approximate surface area is 132 Å². The van der Waals surface area contributed by atoms with E-state index in [4.69, 9.17) is 0 Å². The molecule has 2 aliphatic rings. The van der Waals surface area contributed by atoms with Crippen molar-refractivity contribution in [3.8, 4) is 0 Å². The highest BCUT2D eigenvalue weighted by Crippen LogP contribution is 2.37. The number of hydroxylamine groups is 2. The van der Waals surface area contributed by atoms with Crippen molar-refractivity contribution in [1.82, 2.24) is 14.9 Å². The first-order valence-electron chi connectivity index (χ1n) is 6.73. The summed E-state index contributed by atoms with van der Waals surface area (Å²) in [4.78, 5) is 1.26. The van der Waals surface area contributed by atoms with E-state index in [2.05, 4.69) is 0 Å². The van der Waals surface area contributed by atoms with Crippen molar-refractivity contribution >= 4 is 0 Å². The van der Waals surface area contributed by atoms with Gasteiger partial charge in [-0.25, -0.2) is 5.06 Å². The van der Waals surface area contributed by atoms with Crippen LogP contribution in [0.15, 0.2) is 48.6 Å². The second-order valence-electron chi connectivity index (χ2n) is 5.29. The lowest BCUT2D eigenvalue weighted by atomic mass is 10.0. The molecule has 1 aromatic carbocycles. The highest BCUT2D eigenvalue weighted by atomic mass is 19.4. The van der Waals surface area contributed by atoms with E-state index in [0.717, 1.165) is 18.3 Å². The molecule has 0 bridgehead atoms. The van der Waals surface area contributed by atoms with Crippen LogP contribution < -0.4 is 0 Å². The van der Waals surface area contributed by atoms with Gasteiger partial charge in [-0.2, -0.15) is 26.3 Å². The Morgan fingerprint density at radius 1 is 1.00 bits per heavy atom. The summed E-state index contributed by atoms with van der Waals surface area (Å²) in [5, 5.41) is 10.8. The van der Waals surface area contributed by atoms with E-state index in [9.17, 15) is 31.5 Å². The Kier molecular flexibility index (Phi) is 3.67. The molecule has 1 atom stereocenters. The van der Waals surface area contributed by atoms with Crippen LogP contribution in [-0.4, -0.2) is 33.0 Å². The third-order valence-electron chi connectivity index (χ3n) is 3.72. The summed E-state index contributed by atoms with van der Waals surface area (Å²) in [6.07, 6.45) is -5.59. The molecule has 1 N–H and O–H groups in total. The number of fused-ring (bicyclic) bond motifs is 1. The number of nitrogens with zero attached hydrogens (tertiary/aromatic N) is 3. The highest BCUT2D eigenvalue weighted by molar-refractivity contribution is 5.31. The van der Waals surface area contributed by atoms with Gasteiger partial charge in [0.15, 0.2) is 5.82 Å². The zero-order chi connectivity index (χ0) is 17.7. The van der Waals surface area contributed by atoms with Gasteiger partial charge in [0.05, 0.1) is 11.8 Å². The second-order valence-corrected chi connectivity index (χ2v) is 5.29. The Balaban J connectivity index is 1.86. The van der Waals surface area contributed by atoms with Gasteiger partial charge in [-0.15, -0.1) is 0 Å². The fraction of sp³-hybridized carbons (Fsp3) is 0.286. The standard InChI is InChI=1S/C14H11F6N3O/c15-13(16,17)10-3-1-9(2-4-10)11-5-6-21-8-22(14(18,19)20)7-12(21)23(11)24/h1-7,11,24H,8H2. The molecule has 130 valence electrons. The summed E-state index contributed by atoms with van der Waals surface area (Å²) in [6.45, 7) is -0.508. The summed E-state index contributed by atoms with van der Waals surface area (Å²) in [7, 11) is 0. The molecular formula is C14H11F6N3O. The molecule has 2 aliphatic heterocycles. The monoisotopic (exact) mass is 351 g/mol. The quantitative estimate of drug-likeness (QED) is 0.615. The minimum atomic E-state index is -4.59. The maximum Gasteiger partial charge on any atom is 0.486 e. The Morgan fingerprint density at radius 2 is 1.62 bits per heavy atom. The van der Waals surface area contributed by atoms with Gasteiger partial charge < -0.3 is 4.90 Å². The van der Waals surface area contributed by atoms with Crippen LogP contribution in [0, 0.1) is 0 Å². The molecule has 0 saturated heterocycles. The van der Waals surface area contributed by atoms with Crippen LogP contribution in [-0.2, 0) is 6.18 Å². The normalized spacial score (nSPS) is 21.2. The smallest absolute Gasteiger partial charge is 0.313 e. The topological polar surface area (TPSA) is 30.0 Å². The predicted octanol–water partition coefficient (Wildman–Crippen LogP) is 3.86. The molecule has 0 aliphatic carbocycles. The maximum absolute atomic E-state index is 12.7. The molecule has 1 aromatic rings. The van der Waals surface area contributed by atoms with Crippen molar-refractivity contribution in [2.45, 2.75) is 18.5 Å². The van der Waals surface area contributed by atoms with Gasteiger partial charge in [-0.1, -0.05) is 12.1 Å². The molecule has 24 heavy (non-hydrogen) atoms. The number of alkyl halides is 6. The molecule has 4 nitrogen and oxygen atoms in total. The Morgan fingerprint density at radius 3 is 2.17 bits per heavy atom. The third kappa shape index (κ3) is 2.88. The third-order valence-corrected chi connectivity index (χ3v) is 3.72. The summed E-state index contributed by atoms with van der Waals surface area (Å²) in [5.41, 5.74) is -0.534. The molecule has 0 spiro atoms. The fourth-order valence-electron chi connectivity index (χ4n) is 2.49. The van der Waals surface area contributed by atoms with Crippen molar-refractivity contribution in [2.24, 2.45) is 0 Å². The molecule has 0 saturated carbocycles. The largest absolute Gasteiger partial charge is 0.486 e. The van der Waals surface area contributed by atoms with E-state index in [1.165, 1.54) is 29.3 Å². The van der Waals surface area contributed by atoms with Gasteiger partial charge in [0.1, 0.15) is 12.7 Å². The maximum atomic E-state index is 12.7. The van der Waals surface area contributed by atoms with Crippen molar-refractivity contribution < 1.29 is 31.5 Å². The van der Waals surface area contributed by atoms with Crippen LogP contribution in [0.2, 0.25) is 0 Å². The van der Waals surface area contributed by atoms with Crippen molar-refractivity contribution in [1.29, 1.82) is 0 Å². The van der Waals surface area contributed by atoms with Gasteiger partial charge in [-0.3, -0.25) is 10.1 Å². The summed E-state index contributed by atoms with van der Waals surface area (Å²) in [5.74, 6) is -0.111. The molecule has 0 amide bonds. The lowest BCUT2D eigenvalue weighted by molar-refractivity contribution is -0.229. The van der Waals surface area contributed by atoms with E-state index in [1.807, 2.05) is 0 Å². The summed E-state index contributed by atoms with van der Waals surface area (Å²) < 4.78 is 75.9. The number of benzene rings is 1. The van der Waals surface area contributed by atoms with Crippen LogP contribution in [0.3, 0.4) is 0 Å². The SMILES string of the molecule is ON1C2=CN(C(F)(F)F)CN2C=CC1c1ccc(C(F)(F)F)cc1. The number of hydrogen-bond donors (Lipinski definition) is 1. The van der Waals surface area contributed by atoms with Crippen LogP contribution >= 0.6 is 0 Å². The van der Waals surface area contributed by atoms with E-state index in [-0.39, 0.29) is 10.7 Å². The van der Waals surface area contributed by atoms with Gasteiger partial charge in [0, 0.05) is 6.20 Å². The average Bonchev–Trinajstić information content (AvgIpc) is 2.92. The van der Waals surface area contributed by atoms with Crippen LogP contribution in [0.4, 0.5) is 26.3 Å². The Bertz CT molecular complexity index is 679. The van der Waals surface area contributed by atoms with Crippen LogP contribution in [0.5, 0.6) is 0 Å². The first-order valence-corrected chi connectivity index (χ1v) is 6.73. The number of rotatable bonds is 1. The van der Waals surface area contributed by atoms with Crippen molar-refractivity contribution in [3.63, 3.8) is 0 Å². The van der Waals surface area contributed by atoms with E-state index in [1.54, 1.807) is 0 Å². The van der Waals surface area contributed by atoms with Crippen LogP contribution in [0.25, 0.3) is 0 Å². The minimum Gasteiger partial charge on any atom is -0.313 e. The number of hydrogen-bond acceptors (Lipinski definition) is 4. The molecule has 0 radical (unpaired) electrons. The fourth-order valence-corrected chi connectivity index (χ4v) is 2.49. The summed E-state index contributed by atoms with van der Waals surface area (Å²) >= 11 is 0. The molecule has 2 heterocycles. The average molecular weight is 351 g/mol. The molecule has 3 rings (SSSR count). The minimum absolute atomic E-state index is 0.0883. The van der Waals surface area contributed by atoms with Crippen LogP contribution in [0.1, 0.15) is 17.2 Å². The van der Waals surface area contributed by atoms with E-state index < -0.39 is 30.8 Å². The molecule has 0 aromatic heterocycles. The lowest BCUT2D eigenvalue weighted by Crippen LogP contribution is -2.37. The zero-order valence-corrected chi connectivity index (χ0v) is 11.9. The van der Waals surface area contributed by atoms with E-state index in [0.29, 0.717) is 10.6 Å². The van der Waals surface area contributed by atoms with E-state index >= 15 is 0 Å². The van der Waals surface area contributed by atoms with Gasteiger partial charge in [0.2, 0.25) is 0 Å². The zero-order valence-electron chi connectivity index (χ0n) is 11.9. The van der Waals surface area contributed by atoms with Gasteiger partial charge in [-0.05, 0) is 23.8 Å². The van der Waals surface area contributed by atoms with Gasteiger partial charge in [0.25, 0.3) is 0 Å². The first kappa shape index (κ1) is 16.5. The highest BCUT2D eigenvalue weighted by Gasteiger charge is 2.43. The molecule has 10 heteroatoms. The molecular weight excluding hydrogens is 340 g/mol. The second kappa shape index (κ2) is 5.33. The number of halogens is 6. The van der Waals surface area contributed by atoms with Crippen molar-refractivity contribution in [3.05, 3.63) is 59.7 Å².